The first-order valence-electron chi connectivity index (χ1n) is 5.44. The van der Waals surface area contributed by atoms with Crippen molar-refractivity contribution in [2.75, 3.05) is 18.2 Å². The van der Waals surface area contributed by atoms with E-state index >= 15 is 0 Å². The van der Waals surface area contributed by atoms with Gasteiger partial charge in [-0.3, -0.25) is 4.98 Å². The fourth-order valence-electron chi connectivity index (χ4n) is 1.46. The van der Waals surface area contributed by atoms with Crippen molar-refractivity contribution in [3.63, 3.8) is 0 Å². The van der Waals surface area contributed by atoms with Gasteiger partial charge >= 0.3 is 5.97 Å². The van der Waals surface area contributed by atoms with Gasteiger partial charge in [0.15, 0.2) is 0 Å². The molecule has 17 heavy (non-hydrogen) atoms. The van der Waals surface area contributed by atoms with E-state index in [0.29, 0.717) is 24.0 Å². The largest absolute Gasteiger partial charge is 0.467 e. The number of carbonyl (C=O) groups excluding carboxylic acids is 1. The number of aromatic nitrogens is 2. The average molecular weight is 238 g/mol. The summed E-state index contributed by atoms with van der Waals surface area (Å²) in [7, 11) is 1.36. The van der Waals surface area contributed by atoms with Gasteiger partial charge in [0.2, 0.25) is 0 Å². The molecule has 94 valence electrons. The van der Waals surface area contributed by atoms with Crippen LogP contribution in [-0.4, -0.2) is 29.1 Å². The average Bonchev–Trinajstić information content (AvgIpc) is 2.26. The monoisotopic (exact) mass is 238 g/mol. The first-order valence-corrected chi connectivity index (χ1v) is 5.44. The highest BCUT2D eigenvalue weighted by atomic mass is 16.5. The molecule has 1 aromatic rings. The maximum absolute atomic E-state index is 11.6. The van der Waals surface area contributed by atoms with Crippen molar-refractivity contribution in [1.82, 2.24) is 9.97 Å². The number of methoxy groups -OCH3 is 1. The number of nitrogens with two attached hydrogens (primary N) is 1. The third-order valence-corrected chi connectivity index (χ3v) is 2.17. The molecule has 1 atom stereocenters. The van der Waals surface area contributed by atoms with E-state index < -0.39 is 6.04 Å². The number of nitrogen functional groups attached to an aromatic ring is 1. The molecular formula is C11H18N4O2. The molecule has 0 saturated heterocycles. The summed E-state index contributed by atoms with van der Waals surface area (Å²) < 4.78 is 4.73. The van der Waals surface area contributed by atoms with Crippen LogP contribution in [0.2, 0.25) is 0 Å². The minimum absolute atomic E-state index is 0.308. The summed E-state index contributed by atoms with van der Waals surface area (Å²) >= 11 is 0. The van der Waals surface area contributed by atoms with Gasteiger partial charge in [-0.2, -0.15) is 0 Å². The van der Waals surface area contributed by atoms with Gasteiger partial charge in [0.05, 0.1) is 19.5 Å². The Morgan fingerprint density at radius 2 is 2.24 bits per heavy atom. The molecule has 0 amide bonds. The molecule has 1 heterocycles. The Hall–Kier alpha value is -1.85. The molecule has 0 fully saturated rings. The lowest BCUT2D eigenvalue weighted by atomic mass is 10.0. The van der Waals surface area contributed by atoms with Crippen LogP contribution in [0.1, 0.15) is 20.3 Å². The highest BCUT2D eigenvalue weighted by molar-refractivity contribution is 5.78. The van der Waals surface area contributed by atoms with Crippen LogP contribution in [0.4, 0.5) is 11.6 Å². The normalized spacial score (nSPS) is 12.2. The standard InChI is InChI=1S/C11H18N4O2/c1-7(2)4-8(11(16)17-3)14-10-6-13-5-9(12)15-10/h5-8H,4H2,1-3H3,(H3,12,14,15). The summed E-state index contributed by atoms with van der Waals surface area (Å²) in [5.41, 5.74) is 5.51. The molecule has 0 aliphatic heterocycles. The van der Waals surface area contributed by atoms with Gasteiger partial charge in [-0.1, -0.05) is 13.8 Å². The Kier molecular flexibility index (Phi) is 4.68. The quantitative estimate of drug-likeness (QED) is 0.745. The number of hydrogen-bond acceptors (Lipinski definition) is 6. The van der Waals surface area contributed by atoms with E-state index in [1.165, 1.54) is 19.5 Å². The van der Waals surface area contributed by atoms with Crippen molar-refractivity contribution in [1.29, 1.82) is 0 Å². The van der Waals surface area contributed by atoms with Crippen LogP contribution in [-0.2, 0) is 9.53 Å². The second-order valence-corrected chi connectivity index (χ2v) is 4.18. The van der Waals surface area contributed by atoms with Gasteiger partial charge in [-0.05, 0) is 12.3 Å². The Morgan fingerprint density at radius 3 is 2.76 bits per heavy atom. The van der Waals surface area contributed by atoms with E-state index in [1.807, 2.05) is 13.8 Å². The summed E-state index contributed by atoms with van der Waals surface area (Å²) in [4.78, 5) is 19.5. The highest BCUT2D eigenvalue weighted by Gasteiger charge is 2.20. The van der Waals surface area contributed by atoms with Crippen LogP contribution >= 0.6 is 0 Å². The van der Waals surface area contributed by atoms with Crippen LogP contribution in [0.25, 0.3) is 0 Å². The number of carbonyl (C=O) groups is 1. The molecular weight excluding hydrogens is 220 g/mol. The van der Waals surface area contributed by atoms with E-state index in [1.54, 1.807) is 0 Å². The molecule has 6 nitrogen and oxygen atoms in total. The lowest BCUT2D eigenvalue weighted by molar-refractivity contribution is -0.141. The van der Waals surface area contributed by atoms with Gasteiger partial charge in [0.25, 0.3) is 0 Å². The van der Waals surface area contributed by atoms with Crippen molar-refractivity contribution in [2.45, 2.75) is 26.3 Å². The van der Waals surface area contributed by atoms with E-state index in [4.69, 9.17) is 10.5 Å². The number of esters is 1. The van der Waals surface area contributed by atoms with Crippen molar-refractivity contribution < 1.29 is 9.53 Å². The first kappa shape index (κ1) is 13.2. The second kappa shape index (κ2) is 6.03. The Balaban J connectivity index is 2.75. The summed E-state index contributed by atoms with van der Waals surface area (Å²) in [5.74, 6) is 0.827. The minimum Gasteiger partial charge on any atom is -0.467 e. The zero-order chi connectivity index (χ0) is 12.8. The minimum atomic E-state index is -0.434. The number of ether oxygens (including phenoxy) is 1. The number of hydrogen-bond donors (Lipinski definition) is 2. The van der Waals surface area contributed by atoms with Gasteiger partial charge in [0.1, 0.15) is 17.7 Å². The van der Waals surface area contributed by atoms with Gasteiger partial charge in [-0.25, -0.2) is 9.78 Å². The molecule has 0 bridgehead atoms. The lowest BCUT2D eigenvalue weighted by Gasteiger charge is -2.18. The molecule has 0 spiro atoms. The maximum Gasteiger partial charge on any atom is 0.328 e. The van der Waals surface area contributed by atoms with E-state index in [0.717, 1.165) is 0 Å². The Bertz CT molecular complexity index is 381. The zero-order valence-electron chi connectivity index (χ0n) is 10.3. The zero-order valence-corrected chi connectivity index (χ0v) is 10.3. The topological polar surface area (TPSA) is 90.1 Å². The molecule has 0 saturated carbocycles. The molecule has 0 radical (unpaired) electrons. The highest BCUT2D eigenvalue weighted by Crippen LogP contribution is 2.12. The number of nitrogens with zero attached hydrogens (tertiary/aromatic N) is 2. The summed E-state index contributed by atoms with van der Waals surface area (Å²) in [6.07, 6.45) is 3.62. The van der Waals surface area contributed by atoms with Crippen molar-refractivity contribution in [3.8, 4) is 0 Å². The predicted octanol–water partition coefficient (Wildman–Crippen LogP) is 1.06. The Labute approximate surface area is 101 Å². The Morgan fingerprint density at radius 1 is 1.53 bits per heavy atom. The number of anilines is 2. The van der Waals surface area contributed by atoms with Gasteiger partial charge in [0, 0.05) is 0 Å². The summed E-state index contributed by atoms with van der Waals surface area (Å²) in [6.45, 7) is 4.06. The number of nitrogens with one attached hydrogen (secondary N) is 1. The summed E-state index contributed by atoms with van der Waals surface area (Å²) in [6, 6.07) is -0.434. The second-order valence-electron chi connectivity index (χ2n) is 4.18. The van der Waals surface area contributed by atoms with Gasteiger partial charge in [-0.15, -0.1) is 0 Å². The third kappa shape index (κ3) is 4.26. The molecule has 3 N–H and O–H groups in total. The molecule has 0 aliphatic rings. The molecule has 6 heteroatoms. The van der Waals surface area contributed by atoms with Crippen molar-refractivity contribution >= 4 is 17.6 Å². The first-order chi connectivity index (χ1) is 8.02. The molecule has 1 unspecified atom stereocenters. The van der Waals surface area contributed by atoms with Crippen LogP contribution < -0.4 is 11.1 Å². The van der Waals surface area contributed by atoms with E-state index in [-0.39, 0.29) is 5.97 Å². The lowest BCUT2D eigenvalue weighted by Crippen LogP contribution is -2.32. The fraction of sp³-hybridized carbons (Fsp3) is 0.545. The van der Waals surface area contributed by atoms with Gasteiger partial charge < -0.3 is 15.8 Å². The molecule has 0 aromatic carbocycles. The van der Waals surface area contributed by atoms with Crippen LogP contribution in [0.15, 0.2) is 12.4 Å². The predicted molar refractivity (Wildman–Crippen MR) is 65.3 cm³/mol. The fourth-order valence-corrected chi connectivity index (χ4v) is 1.46. The third-order valence-electron chi connectivity index (χ3n) is 2.17. The van der Waals surface area contributed by atoms with Crippen molar-refractivity contribution in [3.05, 3.63) is 12.4 Å². The van der Waals surface area contributed by atoms with Crippen LogP contribution in [0.5, 0.6) is 0 Å². The van der Waals surface area contributed by atoms with Crippen molar-refractivity contribution in [2.24, 2.45) is 5.92 Å². The smallest absolute Gasteiger partial charge is 0.328 e. The van der Waals surface area contributed by atoms with Crippen LogP contribution in [0.3, 0.4) is 0 Å². The SMILES string of the molecule is COC(=O)C(CC(C)C)Nc1cncc(N)n1. The summed E-state index contributed by atoms with van der Waals surface area (Å²) in [5, 5.41) is 2.97. The maximum atomic E-state index is 11.6. The van der Waals surface area contributed by atoms with E-state index in [9.17, 15) is 4.79 Å². The molecule has 1 rings (SSSR count). The molecule has 0 aliphatic carbocycles. The van der Waals surface area contributed by atoms with Crippen LogP contribution in [0, 0.1) is 5.92 Å². The molecule has 1 aromatic heterocycles. The van der Waals surface area contributed by atoms with E-state index in [2.05, 4.69) is 15.3 Å². The number of rotatable bonds is 5.